The number of hydrogen-bond acceptors (Lipinski definition) is 1. The Bertz CT molecular complexity index is 2030. The second-order valence-corrected chi connectivity index (χ2v) is 20.5. The Kier molecular flexibility index (Phi) is 9.59. The van der Waals surface area contributed by atoms with Crippen LogP contribution in [-0.2, 0) is 5.41 Å². The predicted molar refractivity (Wildman–Crippen MR) is 216 cm³/mol. The number of aryl methyl sites for hydroxylation is 2. The first-order valence-electron chi connectivity index (χ1n) is 17.7. The highest BCUT2D eigenvalue weighted by Gasteiger charge is 2.25. The van der Waals surface area contributed by atoms with E-state index in [1.165, 1.54) is 84.6 Å². The number of benzene rings is 6. The summed E-state index contributed by atoms with van der Waals surface area (Å²) in [6.07, 6.45) is 0. The van der Waals surface area contributed by atoms with E-state index < -0.39 is 8.80 Å². The second kappa shape index (κ2) is 13.7. The number of hydrogen-bond donors (Lipinski definition) is 0. The summed E-state index contributed by atoms with van der Waals surface area (Å²) in [5, 5.41) is 8.48. The molecular weight excluding hydrogens is 599 g/mol. The molecule has 0 radical (unpaired) electrons. The molecule has 0 spiro atoms. The van der Waals surface area contributed by atoms with Crippen molar-refractivity contribution >= 4 is 67.3 Å². The lowest BCUT2D eigenvalue weighted by Crippen LogP contribution is -2.33. The van der Waals surface area contributed by atoms with Crippen molar-refractivity contribution in [3.8, 4) is 11.1 Å². The number of anilines is 3. The van der Waals surface area contributed by atoms with Gasteiger partial charge >= 0.3 is 0 Å². The summed E-state index contributed by atoms with van der Waals surface area (Å²) in [5.41, 5.74) is 10.4. The Morgan fingerprint density at radius 2 is 1.28 bits per heavy atom. The number of rotatable bonds is 9. The molecule has 6 aromatic rings. The van der Waals surface area contributed by atoms with Gasteiger partial charge in [0, 0.05) is 22.1 Å². The molecule has 0 aliphatic rings. The molecule has 0 fully saturated rings. The zero-order chi connectivity index (χ0) is 33.3. The molecule has 0 aromatic heterocycles. The van der Waals surface area contributed by atoms with Crippen LogP contribution in [0.1, 0.15) is 58.2 Å². The molecule has 47 heavy (non-hydrogen) atoms. The lowest BCUT2D eigenvalue weighted by atomic mass is 9.85. The van der Waals surface area contributed by atoms with Gasteiger partial charge in [-0.3, -0.25) is 0 Å². The molecular formula is C44H51NSi2. The second-order valence-electron chi connectivity index (χ2n) is 14.5. The van der Waals surface area contributed by atoms with E-state index in [0.717, 1.165) is 0 Å². The van der Waals surface area contributed by atoms with E-state index in [2.05, 4.69) is 169 Å². The highest BCUT2D eigenvalue weighted by molar-refractivity contribution is 6.73. The van der Waals surface area contributed by atoms with E-state index in [9.17, 15) is 0 Å². The minimum atomic E-state index is -1.06. The molecule has 0 heterocycles. The quantitative estimate of drug-likeness (QED) is 0.111. The van der Waals surface area contributed by atoms with Crippen LogP contribution in [0.4, 0.5) is 17.1 Å². The summed E-state index contributed by atoms with van der Waals surface area (Å²) in [7, 11) is -1.41. The largest absolute Gasteiger partial charge is 0.309 e. The fourth-order valence-corrected chi connectivity index (χ4v) is 11.3. The molecule has 0 saturated heterocycles. The van der Waals surface area contributed by atoms with Crippen LogP contribution in [-0.4, -0.2) is 18.3 Å². The first-order chi connectivity index (χ1) is 22.6. The van der Waals surface area contributed by atoms with Crippen molar-refractivity contribution in [2.45, 2.75) is 78.9 Å². The van der Waals surface area contributed by atoms with Gasteiger partial charge in [0.2, 0.25) is 0 Å². The van der Waals surface area contributed by atoms with E-state index in [1.807, 2.05) is 0 Å². The third-order valence-corrected chi connectivity index (χ3v) is 14.8. The van der Waals surface area contributed by atoms with E-state index in [0.29, 0.717) is 0 Å². The SMILES string of the molecule is CC[SiH2]c1cc(N(c2cc(C)cc(C(C)(C)C)c2)c2c3ccccc3c(C)c3cc(-c4ccccc4)ccc23)cc([SiH](CC)CC)c1. The summed E-state index contributed by atoms with van der Waals surface area (Å²) in [5.74, 6) is 0. The molecule has 0 aliphatic carbocycles. The highest BCUT2D eigenvalue weighted by atomic mass is 28.3. The summed E-state index contributed by atoms with van der Waals surface area (Å²) < 4.78 is 0. The van der Waals surface area contributed by atoms with Gasteiger partial charge in [0.15, 0.2) is 0 Å². The van der Waals surface area contributed by atoms with Gasteiger partial charge in [0.1, 0.15) is 0 Å². The molecule has 0 bridgehead atoms. The van der Waals surface area contributed by atoms with E-state index in [1.54, 1.807) is 10.4 Å². The van der Waals surface area contributed by atoms with Gasteiger partial charge in [-0.05, 0) is 88.2 Å². The van der Waals surface area contributed by atoms with Crippen molar-refractivity contribution in [1.29, 1.82) is 0 Å². The first-order valence-corrected chi connectivity index (χ1v) is 21.6. The van der Waals surface area contributed by atoms with Crippen molar-refractivity contribution in [3.63, 3.8) is 0 Å². The van der Waals surface area contributed by atoms with Crippen molar-refractivity contribution in [2.24, 2.45) is 0 Å². The van der Waals surface area contributed by atoms with Crippen molar-refractivity contribution in [3.05, 3.63) is 126 Å². The molecule has 0 amide bonds. The molecule has 0 saturated carbocycles. The standard InChI is InChI=1S/C44H51NSi2/c1-9-46-37-27-36(28-38(29-37)47(10-2)11-3)45(35-24-30(4)23-34(26-35)44(6,7)8)43-40-20-16-15-19-39(40)31(5)42-25-33(21-22-41(42)43)32-17-13-12-14-18-32/h12-29,47H,9-11,46H2,1-8H3. The Morgan fingerprint density at radius 3 is 1.96 bits per heavy atom. The topological polar surface area (TPSA) is 3.24 Å². The maximum Gasteiger partial charge on any atom is 0.0703 e. The van der Waals surface area contributed by atoms with Gasteiger partial charge in [-0.15, -0.1) is 0 Å². The average Bonchev–Trinajstić information content (AvgIpc) is 3.07. The smallest absolute Gasteiger partial charge is 0.0703 e. The Balaban J connectivity index is 1.75. The fourth-order valence-electron chi connectivity index (χ4n) is 7.41. The molecule has 0 aliphatic heterocycles. The summed E-state index contributed by atoms with van der Waals surface area (Å²) in [6.45, 7) is 18.8. The van der Waals surface area contributed by atoms with Gasteiger partial charge in [0.05, 0.1) is 24.0 Å². The van der Waals surface area contributed by atoms with Crippen LogP contribution < -0.4 is 15.3 Å². The lowest BCUT2D eigenvalue weighted by Gasteiger charge is -2.32. The maximum atomic E-state index is 2.64. The van der Waals surface area contributed by atoms with Gasteiger partial charge < -0.3 is 4.90 Å². The Hall–Kier alpha value is -3.93. The first kappa shape index (κ1) is 33.0. The molecule has 6 rings (SSSR count). The molecule has 240 valence electrons. The molecule has 0 atom stereocenters. The van der Waals surface area contributed by atoms with Gasteiger partial charge in [0.25, 0.3) is 0 Å². The van der Waals surface area contributed by atoms with Crippen LogP contribution in [0.2, 0.25) is 18.1 Å². The van der Waals surface area contributed by atoms with Crippen molar-refractivity contribution in [2.75, 3.05) is 4.90 Å². The monoisotopic (exact) mass is 649 g/mol. The molecule has 0 unspecified atom stereocenters. The third-order valence-electron chi connectivity index (χ3n) is 10.0. The maximum absolute atomic E-state index is 2.64. The lowest BCUT2D eigenvalue weighted by molar-refractivity contribution is 0.590. The summed E-state index contributed by atoms with van der Waals surface area (Å²) >= 11 is 0. The minimum Gasteiger partial charge on any atom is -0.309 e. The van der Waals surface area contributed by atoms with E-state index in [4.69, 9.17) is 0 Å². The van der Waals surface area contributed by atoms with Crippen LogP contribution >= 0.6 is 0 Å². The van der Waals surface area contributed by atoms with Crippen LogP contribution in [0.15, 0.2) is 109 Å². The molecule has 6 aromatic carbocycles. The van der Waals surface area contributed by atoms with Crippen LogP contribution in [0.5, 0.6) is 0 Å². The van der Waals surface area contributed by atoms with Crippen molar-refractivity contribution in [1.82, 2.24) is 0 Å². The Morgan fingerprint density at radius 1 is 0.617 bits per heavy atom. The van der Waals surface area contributed by atoms with Gasteiger partial charge in [-0.1, -0.05) is 149 Å². The minimum absolute atomic E-state index is 0.0407. The molecule has 3 heteroatoms. The fraction of sp³-hybridized carbons (Fsp3) is 0.273. The van der Waals surface area contributed by atoms with E-state index >= 15 is 0 Å². The Labute approximate surface area is 287 Å². The van der Waals surface area contributed by atoms with E-state index in [-0.39, 0.29) is 14.9 Å². The number of nitrogens with zero attached hydrogens (tertiary/aromatic N) is 1. The van der Waals surface area contributed by atoms with Crippen molar-refractivity contribution < 1.29 is 0 Å². The zero-order valence-electron chi connectivity index (χ0n) is 29.7. The van der Waals surface area contributed by atoms with Crippen LogP contribution in [0, 0.1) is 13.8 Å². The summed E-state index contributed by atoms with van der Waals surface area (Å²) in [4.78, 5) is 2.64. The zero-order valence-corrected chi connectivity index (χ0v) is 32.3. The molecule has 1 nitrogen and oxygen atoms in total. The van der Waals surface area contributed by atoms with Crippen LogP contribution in [0.25, 0.3) is 32.7 Å². The highest BCUT2D eigenvalue weighted by Crippen LogP contribution is 2.46. The normalized spacial score (nSPS) is 12.2. The number of fused-ring (bicyclic) bond motifs is 2. The molecule has 0 N–H and O–H groups in total. The van der Waals surface area contributed by atoms with Crippen LogP contribution in [0.3, 0.4) is 0 Å². The predicted octanol–water partition coefficient (Wildman–Crippen LogP) is 10.8. The van der Waals surface area contributed by atoms with Gasteiger partial charge in [-0.2, -0.15) is 0 Å². The van der Waals surface area contributed by atoms with Gasteiger partial charge in [-0.25, -0.2) is 0 Å². The third kappa shape index (κ3) is 6.61. The average molecular weight is 650 g/mol. The summed E-state index contributed by atoms with van der Waals surface area (Å²) in [6, 6.07) is 45.9.